The van der Waals surface area contributed by atoms with Crippen LogP contribution in [0.3, 0.4) is 0 Å². The van der Waals surface area contributed by atoms with Crippen LogP contribution in [0.5, 0.6) is 5.75 Å². The number of rotatable bonds is 3. The quantitative estimate of drug-likeness (QED) is 0.738. The summed E-state index contributed by atoms with van der Waals surface area (Å²) in [6.07, 6.45) is 5.88. The Hall–Kier alpha value is -2.69. The number of aromatic nitrogens is 2. The Labute approximate surface area is 146 Å². The molecule has 0 amide bonds. The monoisotopic (exact) mass is 337 g/mol. The minimum absolute atomic E-state index is 0.0157. The summed E-state index contributed by atoms with van der Waals surface area (Å²) in [7, 11) is 1.64. The van der Waals surface area contributed by atoms with Crippen molar-refractivity contribution in [1.29, 1.82) is 0 Å². The first kappa shape index (κ1) is 15.8. The van der Waals surface area contributed by atoms with Gasteiger partial charge in [-0.15, -0.1) is 0 Å². The van der Waals surface area contributed by atoms with Crippen molar-refractivity contribution >= 4 is 16.6 Å². The summed E-state index contributed by atoms with van der Waals surface area (Å²) < 4.78 is 9.23. The first-order valence-electron chi connectivity index (χ1n) is 8.86. The normalized spacial score (nSPS) is 15.6. The van der Waals surface area contributed by atoms with Gasteiger partial charge in [0.15, 0.2) is 0 Å². The van der Waals surface area contributed by atoms with Crippen molar-refractivity contribution in [2.45, 2.75) is 38.1 Å². The molecular formula is C20H23N3O2. The zero-order valence-corrected chi connectivity index (χ0v) is 14.4. The lowest BCUT2D eigenvalue weighted by molar-refractivity contribution is 0.319. The van der Waals surface area contributed by atoms with Gasteiger partial charge in [-0.2, -0.15) is 0 Å². The minimum atomic E-state index is -0.0157. The molecule has 2 aromatic carbocycles. The third-order valence-electron chi connectivity index (χ3n) is 5.14. The molecule has 1 aliphatic rings. The predicted molar refractivity (Wildman–Crippen MR) is 101 cm³/mol. The summed E-state index contributed by atoms with van der Waals surface area (Å²) in [5, 5.41) is 0.682. The fraction of sp³-hybridized carbons (Fsp3) is 0.350. The molecule has 0 bridgehead atoms. The van der Waals surface area contributed by atoms with Crippen LogP contribution in [0, 0.1) is 0 Å². The zero-order valence-electron chi connectivity index (χ0n) is 14.4. The first-order valence-corrected chi connectivity index (χ1v) is 8.86. The molecule has 1 aliphatic carbocycles. The number of fused-ring (bicyclic) bond motifs is 1. The first-order chi connectivity index (χ1) is 12.2. The highest BCUT2D eigenvalue weighted by atomic mass is 16.5. The summed E-state index contributed by atoms with van der Waals surface area (Å²) in [6.45, 7) is 0. The molecule has 1 saturated carbocycles. The fourth-order valence-corrected chi connectivity index (χ4v) is 3.90. The molecule has 4 rings (SSSR count). The van der Waals surface area contributed by atoms with Crippen LogP contribution in [0.1, 0.15) is 38.1 Å². The zero-order chi connectivity index (χ0) is 17.4. The number of anilines is 1. The molecule has 5 nitrogen and oxygen atoms in total. The molecule has 0 unspecified atom stereocenters. The van der Waals surface area contributed by atoms with Crippen LogP contribution in [0.2, 0.25) is 0 Å². The number of methoxy groups -OCH3 is 1. The summed E-state index contributed by atoms with van der Waals surface area (Å²) >= 11 is 0. The van der Waals surface area contributed by atoms with E-state index in [2.05, 4.69) is 4.68 Å². The molecule has 0 aliphatic heterocycles. The minimum Gasteiger partial charge on any atom is -0.497 e. The second kappa shape index (κ2) is 6.31. The van der Waals surface area contributed by atoms with Gasteiger partial charge in [0.25, 0.3) is 5.56 Å². The van der Waals surface area contributed by atoms with Gasteiger partial charge in [-0.25, -0.2) is 4.68 Å². The molecule has 0 radical (unpaired) electrons. The molecule has 5 heteroatoms. The van der Waals surface area contributed by atoms with Crippen LogP contribution in [0.25, 0.3) is 16.6 Å². The average molecular weight is 337 g/mol. The van der Waals surface area contributed by atoms with E-state index in [-0.39, 0.29) is 5.56 Å². The van der Waals surface area contributed by atoms with E-state index in [1.54, 1.807) is 17.9 Å². The number of benzene rings is 2. The van der Waals surface area contributed by atoms with E-state index >= 15 is 0 Å². The smallest absolute Gasteiger partial charge is 0.279 e. The lowest BCUT2D eigenvalue weighted by Crippen LogP contribution is -2.25. The predicted octanol–water partition coefficient (Wildman–Crippen LogP) is 3.89. The summed E-state index contributed by atoms with van der Waals surface area (Å²) in [6, 6.07) is 13.6. The summed E-state index contributed by atoms with van der Waals surface area (Å²) in [4.78, 5) is 13.2. The summed E-state index contributed by atoms with van der Waals surface area (Å²) in [5.74, 6) is 0.779. The van der Waals surface area contributed by atoms with Gasteiger partial charge in [0.1, 0.15) is 5.75 Å². The Kier molecular flexibility index (Phi) is 3.99. The molecule has 3 aromatic rings. The van der Waals surface area contributed by atoms with E-state index in [0.29, 0.717) is 17.1 Å². The molecule has 0 spiro atoms. The Morgan fingerprint density at radius 2 is 1.76 bits per heavy atom. The molecule has 1 heterocycles. The van der Waals surface area contributed by atoms with Crippen molar-refractivity contribution in [3.05, 3.63) is 52.8 Å². The molecule has 0 saturated heterocycles. The third kappa shape index (κ3) is 2.69. The second-order valence-electron chi connectivity index (χ2n) is 6.73. The number of nitrogens with zero attached hydrogens (tertiary/aromatic N) is 2. The van der Waals surface area contributed by atoms with Crippen LogP contribution in [0.4, 0.5) is 5.69 Å². The second-order valence-corrected chi connectivity index (χ2v) is 6.73. The van der Waals surface area contributed by atoms with E-state index in [0.717, 1.165) is 29.8 Å². The fourth-order valence-electron chi connectivity index (χ4n) is 3.90. The van der Waals surface area contributed by atoms with E-state index in [9.17, 15) is 4.79 Å². The molecule has 1 fully saturated rings. The van der Waals surface area contributed by atoms with Crippen molar-refractivity contribution in [2.24, 2.45) is 0 Å². The van der Waals surface area contributed by atoms with Gasteiger partial charge in [-0.1, -0.05) is 19.3 Å². The highest BCUT2D eigenvalue weighted by Crippen LogP contribution is 2.32. The van der Waals surface area contributed by atoms with Gasteiger partial charge in [0.2, 0.25) is 0 Å². The van der Waals surface area contributed by atoms with Crippen molar-refractivity contribution in [3.8, 4) is 11.4 Å². The Balaban J connectivity index is 1.97. The summed E-state index contributed by atoms with van der Waals surface area (Å²) in [5.41, 5.74) is 8.35. The number of nitrogens with two attached hydrogens (primary N) is 1. The largest absolute Gasteiger partial charge is 0.497 e. The van der Waals surface area contributed by atoms with Crippen molar-refractivity contribution < 1.29 is 4.74 Å². The van der Waals surface area contributed by atoms with Crippen LogP contribution in [-0.4, -0.2) is 16.5 Å². The highest BCUT2D eigenvalue weighted by molar-refractivity contribution is 5.82. The maximum absolute atomic E-state index is 13.2. The van der Waals surface area contributed by atoms with Gasteiger partial charge < -0.3 is 10.5 Å². The van der Waals surface area contributed by atoms with Crippen molar-refractivity contribution in [1.82, 2.24) is 9.36 Å². The van der Waals surface area contributed by atoms with Crippen LogP contribution in [-0.2, 0) is 0 Å². The Morgan fingerprint density at radius 3 is 2.44 bits per heavy atom. The molecule has 0 atom stereocenters. The van der Waals surface area contributed by atoms with E-state index in [1.807, 2.05) is 36.4 Å². The van der Waals surface area contributed by atoms with Crippen LogP contribution >= 0.6 is 0 Å². The lowest BCUT2D eigenvalue weighted by atomic mass is 9.95. The SMILES string of the molecule is COc1ccc(-n2c(=O)c3cc(N)ccc3n2C2CCCCC2)cc1. The van der Waals surface area contributed by atoms with Crippen LogP contribution < -0.4 is 16.0 Å². The van der Waals surface area contributed by atoms with Gasteiger partial charge in [-0.3, -0.25) is 9.48 Å². The van der Waals surface area contributed by atoms with Gasteiger partial charge >= 0.3 is 0 Å². The third-order valence-corrected chi connectivity index (χ3v) is 5.14. The topological polar surface area (TPSA) is 62.2 Å². The van der Waals surface area contributed by atoms with E-state index in [1.165, 1.54) is 19.3 Å². The van der Waals surface area contributed by atoms with E-state index in [4.69, 9.17) is 10.5 Å². The van der Waals surface area contributed by atoms with Crippen LogP contribution in [0.15, 0.2) is 47.3 Å². The standard InChI is InChI=1S/C20H23N3O2/c1-25-17-10-8-16(9-11-17)23-20(24)18-13-14(21)7-12-19(18)22(23)15-5-3-2-4-6-15/h7-13,15H,2-6,21H2,1H3. The highest BCUT2D eigenvalue weighted by Gasteiger charge is 2.23. The van der Waals surface area contributed by atoms with Gasteiger partial charge in [0.05, 0.1) is 29.7 Å². The van der Waals surface area contributed by atoms with Crippen molar-refractivity contribution in [2.75, 3.05) is 12.8 Å². The molecule has 1 aromatic heterocycles. The number of nitrogen functional groups attached to an aromatic ring is 1. The van der Waals surface area contributed by atoms with Crippen molar-refractivity contribution in [3.63, 3.8) is 0 Å². The van der Waals surface area contributed by atoms with Gasteiger partial charge in [-0.05, 0) is 55.3 Å². The molecule has 25 heavy (non-hydrogen) atoms. The molecule has 130 valence electrons. The molecular weight excluding hydrogens is 314 g/mol. The van der Waals surface area contributed by atoms with E-state index < -0.39 is 0 Å². The number of hydrogen-bond acceptors (Lipinski definition) is 3. The lowest BCUT2D eigenvalue weighted by Gasteiger charge is -2.26. The Bertz CT molecular complexity index is 947. The number of hydrogen-bond donors (Lipinski definition) is 1. The van der Waals surface area contributed by atoms with Gasteiger partial charge in [0, 0.05) is 5.69 Å². The molecule has 2 N–H and O–H groups in total. The Morgan fingerprint density at radius 1 is 1.04 bits per heavy atom. The number of ether oxygens (including phenoxy) is 1. The maximum Gasteiger partial charge on any atom is 0.279 e. The maximum atomic E-state index is 13.2. The average Bonchev–Trinajstić information content (AvgIpc) is 2.95.